The van der Waals surface area contributed by atoms with Crippen LogP contribution in [0.5, 0.6) is 11.5 Å². The van der Waals surface area contributed by atoms with Crippen molar-refractivity contribution >= 4 is 11.9 Å². The molecule has 0 bridgehead atoms. The SMILES string of the molecule is CCCN(C)C(=O)CN1C[C@H](c2cccc(OC)c2)[C@@H](C(=O)OCC)[C@@H]1c1ccc(OC)cc1. The smallest absolute Gasteiger partial charge is 0.311 e. The Morgan fingerprint density at radius 2 is 1.71 bits per heavy atom. The number of hydrogen-bond donors (Lipinski definition) is 0. The average Bonchev–Trinajstić information content (AvgIpc) is 3.23. The zero-order valence-corrected chi connectivity index (χ0v) is 20.8. The standard InChI is InChI=1S/C27H36N2O5/c1-6-15-28(3)24(30)18-29-17-23(20-9-8-10-22(16-20)33-5)25(27(31)34-7-2)26(29)19-11-13-21(32-4)14-12-19/h8-14,16,23,25-26H,6-7,15,17-18H2,1-5H3/t23-,25-,26+/m1/s1. The highest BCUT2D eigenvalue weighted by atomic mass is 16.5. The van der Waals surface area contributed by atoms with Crippen LogP contribution >= 0.6 is 0 Å². The van der Waals surface area contributed by atoms with Crippen LogP contribution in [0.3, 0.4) is 0 Å². The van der Waals surface area contributed by atoms with Crippen molar-refractivity contribution in [1.82, 2.24) is 9.80 Å². The van der Waals surface area contributed by atoms with E-state index in [0.717, 1.165) is 29.0 Å². The van der Waals surface area contributed by atoms with Gasteiger partial charge in [-0.25, -0.2) is 0 Å². The minimum Gasteiger partial charge on any atom is -0.497 e. The molecule has 7 heteroatoms. The van der Waals surface area contributed by atoms with E-state index in [1.165, 1.54) is 0 Å². The molecular weight excluding hydrogens is 432 g/mol. The van der Waals surface area contributed by atoms with Crippen molar-refractivity contribution in [3.63, 3.8) is 0 Å². The first-order valence-corrected chi connectivity index (χ1v) is 11.9. The van der Waals surface area contributed by atoms with Crippen LogP contribution in [0.15, 0.2) is 48.5 Å². The summed E-state index contributed by atoms with van der Waals surface area (Å²) in [6.07, 6.45) is 0.891. The van der Waals surface area contributed by atoms with Gasteiger partial charge < -0.3 is 19.1 Å². The Morgan fingerprint density at radius 3 is 2.32 bits per heavy atom. The lowest BCUT2D eigenvalue weighted by atomic mass is 9.82. The van der Waals surface area contributed by atoms with Crippen LogP contribution in [0.2, 0.25) is 0 Å². The molecule has 0 aliphatic carbocycles. The molecule has 0 radical (unpaired) electrons. The van der Waals surface area contributed by atoms with Crippen LogP contribution in [0.4, 0.5) is 0 Å². The Kier molecular flexibility index (Phi) is 8.93. The Hall–Kier alpha value is -3.06. The molecule has 0 saturated carbocycles. The predicted molar refractivity (Wildman–Crippen MR) is 131 cm³/mol. The maximum atomic E-state index is 13.4. The predicted octanol–water partition coefficient (Wildman–Crippen LogP) is 3.89. The third-order valence-electron chi connectivity index (χ3n) is 6.46. The lowest BCUT2D eigenvalue weighted by molar-refractivity contribution is -0.149. The topological polar surface area (TPSA) is 68.3 Å². The molecule has 2 aromatic carbocycles. The summed E-state index contributed by atoms with van der Waals surface area (Å²) < 4.78 is 16.3. The van der Waals surface area contributed by atoms with Gasteiger partial charge in [0, 0.05) is 32.1 Å². The Labute approximate surface area is 202 Å². The minimum absolute atomic E-state index is 0.0364. The summed E-state index contributed by atoms with van der Waals surface area (Å²) in [7, 11) is 5.08. The van der Waals surface area contributed by atoms with E-state index in [1.54, 1.807) is 19.1 Å². The Morgan fingerprint density at radius 1 is 1.00 bits per heavy atom. The van der Waals surface area contributed by atoms with Gasteiger partial charge in [-0.15, -0.1) is 0 Å². The second kappa shape index (κ2) is 11.9. The van der Waals surface area contributed by atoms with Crippen molar-refractivity contribution in [3.05, 3.63) is 59.7 Å². The van der Waals surface area contributed by atoms with Crippen molar-refractivity contribution in [1.29, 1.82) is 0 Å². The van der Waals surface area contributed by atoms with Crippen molar-refractivity contribution in [2.45, 2.75) is 32.2 Å². The first-order valence-electron chi connectivity index (χ1n) is 11.9. The van der Waals surface area contributed by atoms with E-state index in [1.807, 2.05) is 62.5 Å². The molecule has 7 nitrogen and oxygen atoms in total. The van der Waals surface area contributed by atoms with Crippen LogP contribution in [0, 0.1) is 5.92 Å². The van der Waals surface area contributed by atoms with Gasteiger partial charge in [-0.05, 0) is 48.7 Å². The number of nitrogens with zero attached hydrogens (tertiary/aromatic N) is 2. The van der Waals surface area contributed by atoms with Crippen molar-refractivity contribution in [2.24, 2.45) is 5.92 Å². The maximum Gasteiger partial charge on any atom is 0.311 e. The minimum atomic E-state index is -0.468. The zero-order valence-electron chi connectivity index (χ0n) is 20.8. The van der Waals surface area contributed by atoms with Crippen molar-refractivity contribution < 1.29 is 23.8 Å². The van der Waals surface area contributed by atoms with E-state index in [9.17, 15) is 9.59 Å². The van der Waals surface area contributed by atoms with Crippen LogP contribution in [0.25, 0.3) is 0 Å². The van der Waals surface area contributed by atoms with Gasteiger partial charge >= 0.3 is 5.97 Å². The molecule has 184 valence electrons. The number of esters is 1. The Bertz CT molecular complexity index is 962. The average molecular weight is 469 g/mol. The number of ether oxygens (including phenoxy) is 3. The molecule has 1 heterocycles. The molecule has 2 aromatic rings. The highest BCUT2D eigenvalue weighted by Gasteiger charge is 2.48. The molecule has 0 spiro atoms. The van der Waals surface area contributed by atoms with Crippen LogP contribution in [-0.4, -0.2) is 69.2 Å². The number of benzene rings is 2. The van der Waals surface area contributed by atoms with Crippen LogP contribution < -0.4 is 9.47 Å². The summed E-state index contributed by atoms with van der Waals surface area (Å²) in [5, 5.41) is 0. The quantitative estimate of drug-likeness (QED) is 0.493. The highest BCUT2D eigenvalue weighted by Crippen LogP contribution is 2.47. The van der Waals surface area contributed by atoms with E-state index in [-0.39, 0.29) is 30.4 Å². The molecule has 1 fully saturated rings. The first kappa shape index (κ1) is 25.6. The lowest BCUT2D eigenvalue weighted by Crippen LogP contribution is -2.39. The number of likely N-dealkylation sites (N-methyl/N-ethyl adjacent to an activating group) is 1. The monoisotopic (exact) mass is 468 g/mol. The number of hydrogen-bond acceptors (Lipinski definition) is 6. The molecule has 1 aliphatic rings. The van der Waals surface area contributed by atoms with Crippen molar-refractivity contribution in [2.75, 3.05) is 47.5 Å². The summed E-state index contributed by atoms with van der Waals surface area (Å²) in [6.45, 7) is 5.64. The lowest BCUT2D eigenvalue weighted by Gasteiger charge is -2.29. The van der Waals surface area contributed by atoms with E-state index in [2.05, 4.69) is 11.8 Å². The van der Waals surface area contributed by atoms with Gasteiger partial charge in [0.15, 0.2) is 0 Å². The van der Waals surface area contributed by atoms with Gasteiger partial charge in [0.05, 0.1) is 33.3 Å². The molecule has 0 unspecified atom stereocenters. The normalized spacial score (nSPS) is 20.1. The number of carbonyl (C=O) groups is 2. The number of methoxy groups -OCH3 is 2. The van der Waals surface area contributed by atoms with Gasteiger partial charge in [0.1, 0.15) is 11.5 Å². The number of carbonyl (C=O) groups excluding carboxylic acids is 2. The largest absolute Gasteiger partial charge is 0.497 e. The van der Waals surface area contributed by atoms with E-state index in [4.69, 9.17) is 14.2 Å². The van der Waals surface area contributed by atoms with Crippen LogP contribution in [0.1, 0.15) is 43.4 Å². The number of amides is 1. The second-order valence-electron chi connectivity index (χ2n) is 8.62. The summed E-state index contributed by atoms with van der Waals surface area (Å²) in [6, 6.07) is 15.2. The van der Waals surface area contributed by atoms with E-state index >= 15 is 0 Å². The molecular formula is C27H36N2O5. The maximum absolute atomic E-state index is 13.4. The number of rotatable bonds is 10. The highest BCUT2D eigenvalue weighted by molar-refractivity contribution is 5.79. The number of likely N-dealkylation sites (tertiary alicyclic amines) is 1. The summed E-state index contributed by atoms with van der Waals surface area (Å²) >= 11 is 0. The molecule has 1 saturated heterocycles. The summed E-state index contributed by atoms with van der Waals surface area (Å²) in [5.74, 6) is 0.639. The molecule has 1 amide bonds. The zero-order chi connectivity index (χ0) is 24.7. The fourth-order valence-corrected chi connectivity index (χ4v) is 4.78. The molecule has 0 N–H and O–H groups in total. The summed E-state index contributed by atoms with van der Waals surface area (Å²) in [4.78, 5) is 30.3. The molecule has 0 aromatic heterocycles. The molecule has 3 rings (SSSR count). The van der Waals surface area contributed by atoms with Crippen molar-refractivity contribution in [3.8, 4) is 11.5 Å². The summed E-state index contributed by atoms with van der Waals surface area (Å²) in [5.41, 5.74) is 1.95. The van der Waals surface area contributed by atoms with E-state index in [0.29, 0.717) is 19.7 Å². The third kappa shape index (κ3) is 5.70. The third-order valence-corrected chi connectivity index (χ3v) is 6.46. The van der Waals surface area contributed by atoms with Crippen LogP contribution in [-0.2, 0) is 14.3 Å². The van der Waals surface area contributed by atoms with Gasteiger partial charge in [-0.2, -0.15) is 0 Å². The second-order valence-corrected chi connectivity index (χ2v) is 8.62. The first-order chi connectivity index (χ1) is 16.4. The van der Waals surface area contributed by atoms with Gasteiger partial charge in [-0.3, -0.25) is 14.5 Å². The van der Waals surface area contributed by atoms with Gasteiger partial charge in [0.25, 0.3) is 0 Å². The molecule has 3 atom stereocenters. The fraction of sp³-hybridized carbons (Fsp3) is 0.481. The molecule has 34 heavy (non-hydrogen) atoms. The fourth-order valence-electron chi connectivity index (χ4n) is 4.78. The van der Waals surface area contributed by atoms with E-state index < -0.39 is 5.92 Å². The van der Waals surface area contributed by atoms with Gasteiger partial charge in [0.2, 0.25) is 5.91 Å². The Balaban J connectivity index is 2.05. The van der Waals surface area contributed by atoms with Gasteiger partial charge in [-0.1, -0.05) is 31.2 Å². The molecule has 1 aliphatic heterocycles.